The zero-order valence-corrected chi connectivity index (χ0v) is 14.0. The quantitative estimate of drug-likeness (QED) is 0.544. The highest BCUT2D eigenvalue weighted by molar-refractivity contribution is 6.42. The summed E-state index contributed by atoms with van der Waals surface area (Å²) in [6.07, 6.45) is 0. The molecule has 0 N–H and O–H groups in total. The van der Waals surface area contributed by atoms with Gasteiger partial charge < -0.3 is 0 Å². The molecule has 0 amide bonds. The molecular weight excluding hydrogens is 311 g/mol. The van der Waals surface area contributed by atoms with Crippen LogP contribution < -0.4 is 0 Å². The van der Waals surface area contributed by atoms with Crippen LogP contribution in [0.4, 0.5) is 0 Å². The Bertz CT molecular complexity index is 595. The van der Waals surface area contributed by atoms with Gasteiger partial charge in [0.1, 0.15) is 0 Å². The van der Waals surface area contributed by atoms with Crippen LogP contribution in [0.15, 0.2) is 42.5 Å². The lowest BCUT2D eigenvalue weighted by molar-refractivity contribution is 0.590. The molecule has 2 aromatic rings. The van der Waals surface area contributed by atoms with Gasteiger partial charge in [-0.25, -0.2) is 0 Å². The summed E-state index contributed by atoms with van der Waals surface area (Å²) in [5, 5.41) is 0.849. The van der Waals surface area contributed by atoms with E-state index in [1.807, 2.05) is 12.1 Å². The van der Waals surface area contributed by atoms with E-state index in [9.17, 15) is 0 Å². The van der Waals surface area contributed by atoms with Crippen LogP contribution in [0.25, 0.3) is 0 Å². The minimum Gasteiger partial charge on any atom is -0.113 e. The van der Waals surface area contributed by atoms with Crippen molar-refractivity contribution in [3.63, 3.8) is 0 Å². The second-order valence-corrected chi connectivity index (χ2v) is 7.16. The molecule has 0 aliphatic rings. The first-order valence-electron chi connectivity index (χ1n) is 6.48. The van der Waals surface area contributed by atoms with Crippen molar-refractivity contribution in [3.8, 4) is 0 Å². The smallest absolute Gasteiger partial charge is 0.0835 e. The van der Waals surface area contributed by atoms with Crippen LogP contribution in [0, 0.1) is 0 Å². The largest absolute Gasteiger partial charge is 0.113 e. The van der Waals surface area contributed by atoms with Crippen molar-refractivity contribution in [2.75, 3.05) is 0 Å². The highest BCUT2D eigenvalue weighted by Gasteiger charge is 2.16. The van der Waals surface area contributed by atoms with Gasteiger partial charge in [0.25, 0.3) is 0 Å². The molecule has 0 saturated heterocycles. The van der Waals surface area contributed by atoms with E-state index >= 15 is 0 Å². The number of benzene rings is 2. The number of alkyl halides is 1. The van der Waals surface area contributed by atoms with Gasteiger partial charge >= 0.3 is 0 Å². The first-order valence-corrected chi connectivity index (χ1v) is 7.68. The molecule has 0 saturated carbocycles. The summed E-state index contributed by atoms with van der Waals surface area (Å²) in [4.78, 5) is 0. The van der Waals surface area contributed by atoms with E-state index in [1.54, 1.807) is 6.07 Å². The molecule has 1 atom stereocenters. The normalized spacial score (nSPS) is 13.3. The second-order valence-electron chi connectivity index (χ2n) is 5.91. The Labute approximate surface area is 135 Å². The van der Waals surface area contributed by atoms with Crippen molar-refractivity contribution in [3.05, 3.63) is 69.2 Å². The number of hydrogen-bond donors (Lipinski definition) is 0. The van der Waals surface area contributed by atoms with Gasteiger partial charge in [-0.2, -0.15) is 0 Å². The van der Waals surface area contributed by atoms with Crippen LogP contribution in [-0.4, -0.2) is 0 Å². The molecule has 0 radical (unpaired) electrons. The van der Waals surface area contributed by atoms with E-state index in [2.05, 4.69) is 45.0 Å². The third kappa shape index (κ3) is 3.49. The Morgan fingerprint density at radius 1 is 0.800 bits per heavy atom. The maximum Gasteiger partial charge on any atom is 0.0835 e. The summed E-state index contributed by atoms with van der Waals surface area (Å²) in [5.41, 5.74) is 3.44. The maximum absolute atomic E-state index is 6.52. The predicted molar refractivity (Wildman–Crippen MR) is 89.3 cm³/mol. The van der Waals surface area contributed by atoms with E-state index in [0.717, 1.165) is 11.1 Å². The zero-order valence-electron chi connectivity index (χ0n) is 11.8. The van der Waals surface area contributed by atoms with E-state index in [0.29, 0.717) is 10.0 Å². The Kier molecular flexibility index (Phi) is 4.69. The van der Waals surface area contributed by atoms with E-state index < -0.39 is 0 Å². The lowest BCUT2D eigenvalue weighted by atomic mass is 9.86. The van der Waals surface area contributed by atoms with Gasteiger partial charge in [-0.1, -0.05) is 74.3 Å². The lowest BCUT2D eigenvalue weighted by Crippen LogP contribution is -2.10. The fourth-order valence-corrected chi connectivity index (χ4v) is 2.60. The standard InChI is InChI=1S/C17H17Cl3/c1-17(2,3)13-7-4-11(5-8-13)16(20)12-6-9-14(18)15(19)10-12/h4-10,16H,1-3H3. The zero-order chi connectivity index (χ0) is 14.9. The van der Waals surface area contributed by atoms with E-state index in [4.69, 9.17) is 34.8 Å². The molecule has 2 aromatic carbocycles. The average molecular weight is 328 g/mol. The lowest BCUT2D eigenvalue weighted by Gasteiger charge is -2.20. The molecular formula is C17H17Cl3. The monoisotopic (exact) mass is 326 g/mol. The average Bonchev–Trinajstić information content (AvgIpc) is 2.40. The van der Waals surface area contributed by atoms with Gasteiger partial charge in [0.15, 0.2) is 0 Å². The minimum atomic E-state index is -0.223. The van der Waals surface area contributed by atoms with Crippen LogP contribution in [0.2, 0.25) is 10.0 Å². The maximum atomic E-state index is 6.52. The van der Waals surface area contributed by atoms with Crippen LogP contribution >= 0.6 is 34.8 Å². The molecule has 0 aliphatic heterocycles. The third-order valence-electron chi connectivity index (χ3n) is 3.31. The molecule has 0 aliphatic carbocycles. The van der Waals surface area contributed by atoms with Crippen molar-refractivity contribution in [1.82, 2.24) is 0 Å². The highest BCUT2D eigenvalue weighted by Crippen LogP contribution is 2.34. The Morgan fingerprint density at radius 3 is 1.85 bits per heavy atom. The van der Waals surface area contributed by atoms with Gasteiger partial charge in [-0.15, -0.1) is 11.6 Å². The van der Waals surface area contributed by atoms with Crippen LogP contribution in [0.1, 0.15) is 42.8 Å². The fourth-order valence-electron chi connectivity index (χ4n) is 2.01. The molecule has 0 bridgehead atoms. The van der Waals surface area contributed by atoms with Crippen molar-refractivity contribution < 1.29 is 0 Å². The number of halogens is 3. The van der Waals surface area contributed by atoms with E-state index in [1.165, 1.54) is 5.56 Å². The first-order chi connectivity index (χ1) is 9.29. The van der Waals surface area contributed by atoms with E-state index in [-0.39, 0.29) is 10.8 Å². The summed E-state index contributed by atoms with van der Waals surface area (Å²) in [5.74, 6) is 0. The molecule has 0 spiro atoms. The topological polar surface area (TPSA) is 0 Å². The Hall–Kier alpha value is -0.690. The molecule has 2 rings (SSSR count). The molecule has 20 heavy (non-hydrogen) atoms. The SMILES string of the molecule is CC(C)(C)c1ccc(C(Cl)c2ccc(Cl)c(Cl)c2)cc1. The summed E-state index contributed by atoms with van der Waals surface area (Å²) < 4.78 is 0. The fraction of sp³-hybridized carbons (Fsp3) is 0.294. The molecule has 106 valence electrons. The van der Waals surface area contributed by atoms with Crippen LogP contribution in [0.5, 0.6) is 0 Å². The molecule has 1 unspecified atom stereocenters. The number of rotatable bonds is 2. The molecule has 3 heteroatoms. The molecule has 0 heterocycles. The summed E-state index contributed by atoms with van der Waals surface area (Å²) in [7, 11) is 0. The number of hydrogen-bond acceptors (Lipinski definition) is 0. The summed E-state index contributed by atoms with van der Waals surface area (Å²) in [6.45, 7) is 6.58. The summed E-state index contributed by atoms with van der Waals surface area (Å²) >= 11 is 18.5. The highest BCUT2D eigenvalue weighted by atomic mass is 35.5. The van der Waals surface area contributed by atoms with Gasteiger partial charge in [0, 0.05) is 0 Å². The second kappa shape index (κ2) is 5.97. The Balaban J connectivity index is 2.29. The molecule has 0 aromatic heterocycles. The van der Waals surface area contributed by atoms with Crippen LogP contribution in [0.3, 0.4) is 0 Å². The minimum absolute atomic E-state index is 0.143. The Morgan fingerprint density at radius 2 is 1.35 bits per heavy atom. The van der Waals surface area contributed by atoms with Crippen molar-refractivity contribution in [1.29, 1.82) is 0 Å². The van der Waals surface area contributed by atoms with Gasteiger partial charge in [-0.3, -0.25) is 0 Å². The van der Waals surface area contributed by atoms with Gasteiger partial charge in [0.2, 0.25) is 0 Å². The third-order valence-corrected chi connectivity index (χ3v) is 4.55. The van der Waals surface area contributed by atoms with Crippen molar-refractivity contribution >= 4 is 34.8 Å². The van der Waals surface area contributed by atoms with Crippen molar-refractivity contribution in [2.45, 2.75) is 31.6 Å². The summed E-state index contributed by atoms with van der Waals surface area (Å²) in [6, 6.07) is 13.9. The molecule has 0 fully saturated rings. The predicted octanol–water partition coefficient (Wildman–Crippen LogP) is 6.62. The first kappa shape index (κ1) is 15.7. The molecule has 0 nitrogen and oxygen atoms in total. The van der Waals surface area contributed by atoms with Gasteiger partial charge in [-0.05, 0) is 34.2 Å². The van der Waals surface area contributed by atoms with Crippen LogP contribution in [-0.2, 0) is 5.41 Å². The van der Waals surface area contributed by atoms with Gasteiger partial charge in [0.05, 0.1) is 15.4 Å². The van der Waals surface area contributed by atoms with Crippen molar-refractivity contribution in [2.24, 2.45) is 0 Å².